The third-order valence-corrected chi connectivity index (χ3v) is 3.39. The lowest BCUT2D eigenvalue weighted by atomic mass is 9.97. The van der Waals surface area contributed by atoms with E-state index in [2.05, 4.69) is 9.97 Å². The molecule has 3 N–H and O–H groups in total. The van der Waals surface area contributed by atoms with Crippen molar-refractivity contribution < 1.29 is 4.39 Å². The number of nitrogens with one attached hydrogen (secondary N) is 1. The van der Waals surface area contributed by atoms with Gasteiger partial charge in [-0.25, -0.2) is 9.37 Å². The van der Waals surface area contributed by atoms with Gasteiger partial charge in [0.2, 0.25) is 0 Å². The number of halogens is 1. The highest BCUT2D eigenvalue weighted by atomic mass is 19.1. The summed E-state index contributed by atoms with van der Waals surface area (Å²) in [5.74, 6) is 0.700. The second kappa shape index (κ2) is 4.53. The first-order chi connectivity index (χ1) is 8.70. The Kier molecular flexibility index (Phi) is 2.88. The van der Waals surface area contributed by atoms with Crippen LogP contribution in [0.15, 0.2) is 24.3 Å². The van der Waals surface area contributed by atoms with E-state index in [4.69, 9.17) is 5.73 Å². The van der Waals surface area contributed by atoms with E-state index in [-0.39, 0.29) is 11.9 Å². The van der Waals surface area contributed by atoms with E-state index in [1.807, 2.05) is 6.07 Å². The predicted octanol–water partition coefficient (Wildman–Crippen LogP) is 1.96. The fraction of sp³-hybridized carbons (Fsp3) is 0.357. The van der Waals surface area contributed by atoms with Gasteiger partial charge < -0.3 is 10.7 Å². The van der Waals surface area contributed by atoms with Crippen LogP contribution in [0.1, 0.15) is 29.2 Å². The van der Waals surface area contributed by atoms with Gasteiger partial charge in [0.15, 0.2) is 0 Å². The minimum absolute atomic E-state index is 0.203. The number of aromatic nitrogens is 2. The quantitative estimate of drug-likeness (QED) is 0.849. The maximum atomic E-state index is 13.1. The number of aryl methyl sites for hydroxylation is 1. The van der Waals surface area contributed by atoms with E-state index >= 15 is 0 Å². The molecule has 0 amide bonds. The molecule has 2 aromatic rings. The van der Waals surface area contributed by atoms with Crippen LogP contribution < -0.4 is 5.73 Å². The van der Waals surface area contributed by atoms with Crippen LogP contribution in [0.5, 0.6) is 0 Å². The number of nitrogens with zero attached hydrogens (tertiary/aromatic N) is 1. The maximum absolute atomic E-state index is 13.1. The van der Waals surface area contributed by atoms with Crippen molar-refractivity contribution in [1.82, 2.24) is 9.97 Å². The number of hydrogen-bond donors (Lipinski definition) is 2. The van der Waals surface area contributed by atoms with Gasteiger partial charge in [-0.15, -0.1) is 0 Å². The van der Waals surface area contributed by atoms with Crippen molar-refractivity contribution in [2.24, 2.45) is 5.73 Å². The average Bonchev–Trinajstić information content (AvgIpc) is 2.70. The summed E-state index contributed by atoms with van der Waals surface area (Å²) in [7, 11) is 0. The maximum Gasteiger partial charge on any atom is 0.123 e. The van der Waals surface area contributed by atoms with Gasteiger partial charge in [-0.3, -0.25) is 0 Å². The number of benzene rings is 1. The van der Waals surface area contributed by atoms with Crippen LogP contribution in [-0.4, -0.2) is 16.0 Å². The molecule has 0 spiro atoms. The zero-order valence-corrected chi connectivity index (χ0v) is 10.1. The van der Waals surface area contributed by atoms with Gasteiger partial charge in [-0.2, -0.15) is 0 Å². The van der Waals surface area contributed by atoms with E-state index < -0.39 is 0 Å². The Morgan fingerprint density at radius 1 is 1.44 bits per heavy atom. The van der Waals surface area contributed by atoms with Crippen LogP contribution in [0.2, 0.25) is 0 Å². The van der Waals surface area contributed by atoms with Crippen molar-refractivity contribution in [3.63, 3.8) is 0 Å². The summed E-state index contributed by atoms with van der Waals surface area (Å²) < 4.78 is 13.1. The van der Waals surface area contributed by atoms with Gasteiger partial charge in [0.1, 0.15) is 11.6 Å². The molecule has 4 heteroatoms. The van der Waals surface area contributed by atoms with E-state index in [9.17, 15) is 4.39 Å². The molecule has 1 aromatic heterocycles. The van der Waals surface area contributed by atoms with Crippen LogP contribution in [0, 0.1) is 5.82 Å². The van der Waals surface area contributed by atoms with Crippen molar-refractivity contribution in [1.29, 1.82) is 0 Å². The minimum Gasteiger partial charge on any atom is -0.345 e. The summed E-state index contributed by atoms with van der Waals surface area (Å²) in [4.78, 5) is 7.90. The molecule has 94 valence electrons. The molecule has 3 rings (SSSR count). The number of nitrogens with two attached hydrogens (primary N) is 1. The Bertz CT molecular complexity index is 562. The second-order valence-corrected chi connectivity index (χ2v) is 4.92. The zero-order valence-electron chi connectivity index (χ0n) is 10.1. The Labute approximate surface area is 105 Å². The van der Waals surface area contributed by atoms with Gasteiger partial charge in [-0.05, 0) is 30.5 Å². The van der Waals surface area contributed by atoms with E-state index in [0.717, 1.165) is 42.0 Å². The Hall–Kier alpha value is -1.68. The largest absolute Gasteiger partial charge is 0.345 e. The first kappa shape index (κ1) is 11.4. The molecule has 1 unspecified atom stereocenters. The molecule has 0 bridgehead atoms. The molecule has 1 heterocycles. The monoisotopic (exact) mass is 245 g/mol. The smallest absolute Gasteiger partial charge is 0.123 e. The zero-order chi connectivity index (χ0) is 12.5. The van der Waals surface area contributed by atoms with Gasteiger partial charge in [0.05, 0.1) is 5.69 Å². The number of hydrogen-bond acceptors (Lipinski definition) is 2. The molecule has 0 saturated carbocycles. The summed E-state index contributed by atoms with van der Waals surface area (Å²) in [6.45, 7) is 0. The fourth-order valence-electron chi connectivity index (χ4n) is 2.49. The highest BCUT2D eigenvalue weighted by Gasteiger charge is 2.19. The average molecular weight is 245 g/mol. The molecular weight excluding hydrogens is 229 g/mol. The van der Waals surface area contributed by atoms with Crippen molar-refractivity contribution in [2.75, 3.05) is 0 Å². The first-order valence-electron chi connectivity index (χ1n) is 6.27. The molecule has 18 heavy (non-hydrogen) atoms. The van der Waals surface area contributed by atoms with Crippen LogP contribution in [0.25, 0.3) is 0 Å². The minimum atomic E-state index is -0.203. The highest BCUT2D eigenvalue weighted by Crippen LogP contribution is 2.19. The molecule has 3 nitrogen and oxygen atoms in total. The van der Waals surface area contributed by atoms with Crippen LogP contribution in [0.3, 0.4) is 0 Å². The summed E-state index contributed by atoms with van der Waals surface area (Å²) >= 11 is 0. The lowest BCUT2D eigenvalue weighted by Crippen LogP contribution is -2.27. The summed E-state index contributed by atoms with van der Waals surface area (Å²) in [6.07, 6.45) is 3.44. The van der Waals surface area contributed by atoms with Crippen molar-refractivity contribution >= 4 is 0 Å². The molecule has 0 aliphatic heterocycles. The van der Waals surface area contributed by atoms with Crippen molar-refractivity contribution in [3.8, 4) is 0 Å². The summed E-state index contributed by atoms with van der Waals surface area (Å²) in [5.41, 5.74) is 9.15. The topological polar surface area (TPSA) is 54.7 Å². The highest BCUT2D eigenvalue weighted by molar-refractivity contribution is 5.24. The molecule has 1 atom stereocenters. The first-order valence-corrected chi connectivity index (χ1v) is 6.27. The Balaban J connectivity index is 1.82. The molecular formula is C14H16FN3. The van der Waals surface area contributed by atoms with Gasteiger partial charge in [0.25, 0.3) is 0 Å². The van der Waals surface area contributed by atoms with Gasteiger partial charge >= 0.3 is 0 Å². The Morgan fingerprint density at radius 2 is 2.33 bits per heavy atom. The fourth-order valence-corrected chi connectivity index (χ4v) is 2.49. The summed E-state index contributed by atoms with van der Waals surface area (Å²) in [5, 5.41) is 0. The molecule has 0 fully saturated rings. The van der Waals surface area contributed by atoms with Crippen LogP contribution in [-0.2, 0) is 19.3 Å². The van der Waals surface area contributed by atoms with Gasteiger partial charge in [0, 0.05) is 24.6 Å². The molecule has 1 aliphatic carbocycles. The molecule has 0 saturated heterocycles. The standard InChI is InChI=1S/C14H16FN3/c15-10-3-1-2-9(6-10)7-14-17-12-5-4-11(16)8-13(12)18-14/h1-3,6,11H,4-5,7-8,16H2,(H,17,18). The van der Waals surface area contributed by atoms with Crippen molar-refractivity contribution in [2.45, 2.75) is 31.7 Å². The van der Waals surface area contributed by atoms with Gasteiger partial charge in [-0.1, -0.05) is 12.1 Å². The second-order valence-electron chi connectivity index (χ2n) is 4.92. The number of rotatable bonds is 2. The molecule has 0 radical (unpaired) electrons. The SMILES string of the molecule is NC1CCc2nc(Cc3cccc(F)c3)[nH]c2C1. The normalized spacial score (nSPS) is 18.7. The van der Waals surface area contributed by atoms with Crippen molar-refractivity contribution in [3.05, 3.63) is 52.9 Å². The predicted molar refractivity (Wildman–Crippen MR) is 67.8 cm³/mol. The lowest BCUT2D eigenvalue weighted by molar-refractivity contribution is 0.565. The lowest BCUT2D eigenvalue weighted by Gasteiger charge is -2.15. The molecule has 1 aromatic carbocycles. The number of imidazole rings is 1. The van der Waals surface area contributed by atoms with Crippen LogP contribution >= 0.6 is 0 Å². The number of H-pyrrole nitrogens is 1. The summed E-state index contributed by atoms with van der Waals surface area (Å²) in [6, 6.07) is 6.88. The third kappa shape index (κ3) is 2.29. The number of aromatic amines is 1. The van der Waals surface area contributed by atoms with Crippen LogP contribution in [0.4, 0.5) is 4.39 Å². The molecule has 1 aliphatic rings. The van der Waals surface area contributed by atoms with E-state index in [1.54, 1.807) is 12.1 Å². The number of fused-ring (bicyclic) bond motifs is 1. The Morgan fingerprint density at radius 3 is 3.17 bits per heavy atom. The van der Waals surface area contributed by atoms with E-state index in [1.165, 1.54) is 6.07 Å². The van der Waals surface area contributed by atoms with E-state index in [0.29, 0.717) is 6.42 Å². The third-order valence-electron chi connectivity index (χ3n) is 3.39.